The van der Waals surface area contributed by atoms with Crippen LogP contribution in [0.4, 0.5) is 0 Å². The van der Waals surface area contributed by atoms with E-state index >= 15 is 0 Å². The van der Waals surface area contributed by atoms with Gasteiger partial charge < -0.3 is 19.5 Å². The summed E-state index contributed by atoms with van der Waals surface area (Å²) < 4.78 is 18.5. The van der Waals surface area contributed by atoms with E-state index in [0.29, 0.717) is 18.9 Å². The average molecular weight is 408 g/mol. The Labute approximate surface area is 174 Å². The van der Waals surface area contributed by atoms with E-state index in [1.54, 1.807) is 13.3 Å². The number of hydrogen-bond donors (Lipinski definition) is 1. The maximum Gasteiger partial charge on any atom is 0.273 e. The molecule has 1 aliphatic heterocycles. The van der Waals surface area contributed by atoms with Crippen LogP contribution in [0.15, 0.2) is 48.7 Å². The molecular weight excluding hydrogens is 384 g/mol. The second-order valence-corrected chi connectivity index (χ2v) is 7.63. The minimum atomic E-state index is -0.311. The third-order valence-electron chi connectivity index (χ3n) is 4.76. The van der Waals surface area contributed by atoms with Crippen molar-refractivity contribution in [1.82, 2.24) is 20.3 Å². The van der Waals surface area contributed by atoms with Crippen LogP contribution in [-0.4, -0.2) is 46.8 Å². The number of para-hydroxylation sites is 1. The van der Waals surface area contributed by atoms with Crippen molar-refractivity contribution in [3.05, 3.63) is 59.9 Å². The first-order valence-electron chi connectivity index (χ1n) is 9.74. The fourth-order valence-corrected chi connectivity index (χ4v) is 3.35. The summed E-state index contributed by atoms with van der Waals surface area (Å²) >= 11 is 0. The highest BCUT2D eigenvalue weighted by Gasteiger charge is 2.32. The highest BCUT2D eigenvalue weighted by Crippen LogP contribution is 2.41. The minimum Gasteiger partial charge on any atom is -0.497 e. The highest BCUT2D eigenvalue weighted by molar-refractivity contribution is 5.91. The number of nitrogens with zero attached hydrogens (tertiary/aromatic N) is 3. The molecule has 0 aliphatic carbocycles. The Bertz CT molecular complexity index is 1040. The van der Waals surface area contributed by atoms with E-state index in [0.717, 1.165) is 29.2 Å². The van der Waals surface area contributed by atoms with Crippen LogP contribution < -0.4 is 19.5 Å². The Morgan fingerprint density at radius 2 is 2.03 bits per heavy atom. The number of methoxy groups -OCH3 is 1. The van der Waals surface area contributed by atoms with Crippen LogP contribution in [0.25, 0.3) is 5.69 Å². The number of benzene rings is 2. The predicted octanol–water partition coefficient (Wildman–Crippen LogP) is 2.80. The van der Waals surface area contributed by atoms with Crippen LogP contribution in [0.5, 0.6) is 17.2 Å². The number of rotatable bonds is 7. The standard InChI is InChI=1S/C22H24N4O4/c1-22(2)13-15-5-4-6-19(20(15)30-22)29-12-11-23-21(27)18-14-26(25-24-18)16-7-9-17(28-3)10-8-16/h4-10,14H,11-13H2,1-3H3,(H,23,27). The largest absolute Gasteiger partial charge is 0.497 e. The van der Waals surface area contributed by atoms with E-state index in [1.165, 1.54) is 4.68 Å². The summed E-state index contributed by atoms with van der Waals surface area (Å²) in [6, 6.07) is 13.2. The van der Waals surface area contributed by atoms with Crippen LogP contribution in [0, 0.1) is 0 Å². The normalized spacial score (nSPS) is 14.0. The number of carbonyl (C=O) groups excluding carboxylic acids is 1. The van der Waals surface area contributed by atoms with Gasteiger partial charge in [-0.25, -0.2) is 4.68 Å². The van der Waals surface area contributed by atoms with Crippen LogP contribution in [0.3, 0.4) is 0 Å². The van der Waals surface area contributed by atoms with E-state index in [-0.39, 0.29) is 17.2 Å². The zero-order chi connectivity index (χ0) is 21.1. The Morgan fingerprint density at radius 3 is 2.80 bits per heavy atom. The summed E-state index contributed by atoms with van der Waals surface area (Å²) in [4.78, 5) is 12.3. The molecule has 1 aliphatic rings. The van der Waals surface area contributed by atoms with Crippen molar-refractivity contribution in [3.63, 3.8) is 0 Å². The third-order valence-corrected chi connectivity index (χ3v) is 4.76. The molecule has 8 nitrogen and oxygen atoms in total. The quantitative estimate of drug-likeness (QED) is 0.605. The molecule has 0 bridgehead atoms. The lowest BCUT2D eigenvalue weighted by molar-refractivity contribution is 0.0941. The topological polar surface area (TPSA) is 87.5 Å². The monoisotopic (exact) mass is 408 g/mol. The summed E-state index contributed by atoms with van der Waals surface area (Å²) in [7, 11) is 1.61. The average Bonchev–Trinajstić information content (AvgIpc) is 3.35. The van der Waals surface area contributed by atoms with Crippen molar-refractivity contribution in [1.29, 1.82) is 0 Å². The van der Waals surface area contributed by atoms with E-state index in [9.17, 15) is 4.79 Å². The van der Waals surface area contributed by atoms with Gasteiger partial charge in [0.1, 0.15) is 18.0 Å². The molecule has 1 amide bonds. The van der Waals surface area contributed by atoms with Gasteiger partial charge in [0.05, 0.1) is 25.5 Å². The van der Waals surface area contributed by atoms with Crippen LogP contribution >= 0.6 is 0 Å². The number of ether oxygens (including phenoxy) is 3. The second-order valence-electron chi connectivity index (χ2n) is 7.63. The smallest absolute Gasteiger partial charge is 0.273 e. The Morgan fingerprint density at radius 1 is 1.23 bits per heavy atom. The highest BCUT2D eigenvalue weighted by atomic mass is 16.5. The van der Waals surface area contributed by atoms with Gasteiger partial charge >= 0.3 is 0 Å². The molecule has 0 radical (unpaired) electrons. The summed E-state index contributed by atoms with van der Waals surface area (Å²) in [5, 5.41) is 10.7. The molecule has 4 rings (SSSR count). The van der Waals surface area contributed by atoms with Gasteiger partial charge in [0.25, 0.3) is 5.91 Å². The molecule has 0 saturated heterocycles. The Kier molecular flexibility index (Phi) is 5.31. The number of aromatic nitrogens is 3. The second kappa shape index (κ2) is 8.06. The molecule has 0 saturated carbocycles. The molecule has 1 aromatic heterocycles. The molecule has 0 atom stereocenters. The maximum absolute atomic E-state index is 12.3. The van der Waals surface area contributed by atoms with Crippen molar-refractivity contribution in [2.45, 2.75) is 25.9 Å². The van der Waals surface area contributed by atoms with Gasteiger partial charge in [0, 0.05) is 12.0 Å². The first-order valence-corrected chi connectivity index (χ1v) is 9.74. The van der Waals surface area contributed by atoms with E-state index in [4.69, 9.17) is 14.2 Å². The molecular formula is C22H24N4O4. The lowest BCUT2D eigenvalue weighted by atomic mass is 10.0. The van der Waals surface area contributed by atoms with Crippen molar-refractivity contribution in [2.75, 3.05) is 20.3 Å². The first-order chi connectivity index (χ1) is 14.4. The maximum atomic E-state index is 12.3. The van der Waals surface area contributed by atoms with Gasteiger partial charge in [-0.05, 0) is 44.2 Å². The fraction of sp³-hybridized carbons (Fsp3) is 0.318. The predicted molar refractivity (Wildman–Crippen MR) is 111 cm³/mol. The van der Waals surface area contributed by atoms with Gasteiger partial charge in [-0.15, -0.1) is 5.10 Å². The van der Waals surface area contributed by atoms with Crippen molar-refractivity contribution in [3.8, 4) is 22.9 Å². The van der Waals surface area contributed by atoms with Crippen molar-refractivity contribution >= 4 is 5.91 Å². The molecule has 2 aromatic carbocycles. The van der Waals surface area contributed by atoms with Gasteiger partial charge in [-0.2, -0.15) is 0 Å². The number of nitrogens with one attached hydrogen (secondary N) is 1. The fourth-order valence-electron chi connectivity index (χ4n) is 3.35. The van der Waals surface area contributed by atoms with Gasteiger partial charge in [-0.1, -0.05) is 17.3 Å². The molecule has 3 aromatic rings. The molecule has 0 unspecified atom stereocenters. The van der Waals surface area contributed by atoms with E-state index < -0.39 is 0 Å². The SMILES string of the molecule is COc1ccc(-n2cc(C(=O)NCCOc3cccc4c3OC(C)(C)C4)nn2)cc1. The zero-order valence-corrected chi connectivity index (χ0v) is 17.2. The van der Waals surface area contributed by atoms with Crippen LogP contribution in [0.2, 0.25) is 0 Å². The van der Waals surface area contributed by atoms with E-state index in [1.807, 2.05) is 42.5 Å². The van der Waals surface area contributed by atoms with Gasteiger partial charge in [0.2, 0.25) is 0 Å². The molecule has 30 heavy (non-hydrogen) atoms. The third kappa shape index (κ3) is 4.22. The lowest BCUT2D eigenvalue weighted by Gasteiger charge is -2.18. The van der Waals surface area contributed by atoms with Crippen LogP contribution in [-0.2, 0) is 6.42 Å². The summed E-state index contributed by atoms with van der Waals surface area (Å²) in [6.07, 6.45) is 2.43. The van der Waals surface area contributed by atoms with E-state index in [2.05, 4.69) is 29.5 Å². The number of fused-ring (bicyclic) bond motifs is 1. The molecule has 0 spiro atoms. The minimum absolute atomic E-state index is 0.230. The zero-order valence-electron chi connectivity index (χ0n) is 17.2. The van der Waals surface area contributed by atoms with Crippen molar-refractivity contribution in [2.24, 2.45) is 0 Å². The number of amides is 1. The molecule has 0 fully saturated rings. The first kappa shape index (κ1) is 19.8. The molecule has 1 N–H and O–H groups in total. The molecule has 2 heterocycles. The van der Waals surface area contributed by atoms with Gasteiger partial charge in [0.15, 0.2) is 17.2 Å². The number of hydrogen-bond acceptors (Lipinski definition) is 6. The Balaban J connectivity index is 1.30. The van der Waals surface area contributed by atoms with Gasteiger partial charge in [-0.3, -0.25) is 4.79 Å². The Hall–Kier alpha value is -3.55. The molecule has 156 valence electrons. The van der Waals surface area contributed by atoms with Crippen molar-refractivity contribution < 1.29 is 19.0 Å². The lowest BCUT2D eigenvalue weighted by Crippen LogP contribution is -2.28. The summed E-state index contributed by atoms with van der Waals surface area (Å²) in [5.74, 6) is 1.91. The summed E-state index contributed by atoms with van der Waals surface area (Å²) in [5.41, 5.74) is 1.92. The summed E-state index contributed by atoms with van der Waals surface area (Å²) in [6.45, 7) is 4.76. The van der Waals surface area contributed by atoms with Crippen LogP contribution in [0.1, 0.15) is 29.9 Å². The molecule has 8 heteroatoms. The number of carbonyl (C=O) groups is 1.